The van der Waals surface area contributed by atoms with Crippen molar-refractivity contribution in [3.05, 3.63) is 12.7 Å². The van der Waals surface area contributed by atoms with E-state index in [0.29, 0.717) is 12.5 Å². The summed E-state index contributed by atoms with van der Waals surface area (Å²) in [6.07, 6.45) is 6.13. The fraction of sp³-hybridized carbons (Fsp3) is 0.750. The van der Waals surface area contributed by atoms with Crippen molar-refractivity contribution in [2.24, 2.45) is 17.8 Å². The van der Waals surface area contributed by atoms with Crippen LogP contribution in [-0.2, 0) is 9.63 Å². The summed E-state index contributed by atoms with van der Waals surface area (Å²) in [7, 11) is 0. The average molecular weight is 308 g/mol. The van der Waals surface area contributed by atoms with E-state index >= 15 is 0 Å². The van der Waals surface area contributed by atoms with Gasteiger partial charge in [-0.25, -0.2) is 9.59 Å². The first-order valence-electron chi connectivity index (χ1n) is 8.18. The quantitative estimate of drug-likeness (QED) is 0.551. The first kappa shape index (κ1) is 15.3. The molecule has 2 bridgehead atoms. The summed E-state index contributed by atoms with van der Waals surface area (Å²) in [6, 6.07) is -0.990. The minimum atomic E-state index is -0.884. The monoisotopic (exact) mass is 308 g/mol. The number of fused-ring (bicyclic) bond motifs is 4. The number of carbonyl (C=O) groups is 2. The number of hydroxylamine groups is 2. The number of aliphatic carboxylic acids is 1. The number of hydrogen-bond donors (Lipinski definition) is 1. The predicted octanol–water partition coefficient (Wildman–Crippen LogP) is 2.12. The molecule has 3 fully saturated rings. The number of carboxylic acid groups (broad SMARTS) is 1. The van der Waals surface area contributed by atoms with E-state index in [4.69, 9.17) is 4.84 Å². The van der Waals surface area contributed by atoms with E-state index in [9.17, 15) is 14.7 Å². The summed E-state index contributed by atoms with van der Waals surface area (Å²) in [4.78, 5) is 31.0. The average Bonchev–Trinajstić information content (AvgIpc) is 3.13. The fourth-order valence-corrected chi connectivity index (χ4v) is 4.35. The molecule has 2 unspecified atom stereocenters. The van der Waals surface area contributed by atoms with Crippen molar-refractivity contribution in [1.82, 2.24) is 9.96 Å². The second-order valence-corrected chi connectivity index (χ2v) is 6.51. The van der Waals surface area contributed by atoms with Crippen molar-refractivity contribution in [1.29, 1.82) is 0 Å². The number of piperidine rings is 1. The molecule has 0 radical (unpaired) electrons. The maximum Gasteiger partial charge on any atom is 0.345 e. The number of rotatable bonds is 8. The van der Waals surface area contributed by atoms with Gasteiger partial charge in [-0.05, 0) is 24.2 Å². The smallest absolute Gasteiger partial charge is 0.345 e. The molecule has 3 rings (SSSR count). The van der Waals surface area contributed by atoms with E-state index in [1.54, 1.807) is 6.08 Å². The van der Waals surface area contributed by atoms with Crippen LogP contribution in [0, 0.1) is 17.8 Å². The van der Waals surface area contributed by atoms with Crippen LogP contribution in [0.2, 0.25) is 0 Å². The Morgan fingerprint density at radius 1 is 1.45 bits per heavy atom. The first-order valence-corrected chi connectivity index (χ1v) is 8.18. The standard InChI is InChI=1S/C16H24N2O4/c1-3-5-6-7-10-12-11-9-17(14(13(10)12)15(19)20)16(21)18(11)22-8-4-2/h4,10-14H,2-3,5-9H2,1H3,(H,19,20)/t10?,11-,12+,13?,14-/m0/s1. The highest BCUT2D eigenvalue weighted by Crippen LogP contribution is 2.60. The number of amides is 2. The molecule has 3 aliphatic rings. The summed E-state index contributed by atoms with van der Waals surface area (Å²) in [5.41, 5.74) is 0. The van der Waals surface area contributed by atoms with Gasteiger partial charge in [-0.1, -0.05) is 32.3 Å². The topological polar surface area (TPSA) is 70.1 Å². The molecule has 2 heterocycles. The van der Waals surface area contributed by atoms with Crippen LogP contribution in [0.15, 0.2) is 12.7 Å². The van der Waals surface area contributed by atoms with Crippen LogP contribution >= 0.6 is 0 Å². The van der Waals surface area contributed by atoms with Gasteiger partial charge < -0.3 is 10.0 Å². The van der Waals surface area contributed by atoms with Crippen LogP contribution in [0.25, 0.3) is 0 Å². The Morgan fingerprint density at radius 2 is 2.23 bits per heavy atom. The van der Waals surface area contributed by atoms with Crippen LogP contribution in [0.4, 0.5) is 4.79 Å². The Hall–Kier alpha value is -1.56. The van der Waals surface area contributed by atoms with Gasteiger partial charge in [-0.15, -0.1) is 6.58 Å². The molecule has 2 amide bonds. The van der Waals surface area contributed by atoms with Gasteiger partial charge in [0.15, 0.2) is 0 Å². The molecule has 2 aliphatic heterocycles. The lowest BCUT2D eigenvalue weighted by atomic mass is 10.0. The zero-order valence-corrected chi connectivity index (χ0v) is 13.0. The molecule has 2 saturated heterocycles. The van der Waals surface area contributed by atoms with Gasteiger partial charge >= 0.3 is 12.0 Å². The summed E-state index contributed by atoms with van der Waals surface area (Å²) in [5.74, 6) is -0.115. The maximum atomic E-state index is 12.4. The highest BCUT2D eigenvalue weighted by Gasteiger charge is 2.69. The predicted molar refractivity (Wildman–Crippen MR) is 79.9 cm³/mol. The number of hydrogen-bond acceptors (Lipinski definition) is 3. The van der Waals surface area contributed by atoms with Gasteiger partial charge in [0.1, 0.15) is 6.04 Å². The van der Waals surface area contributed by atoms with E-state index < -0.39 is 12.0 Å². The van der Waals surface area contributed by atoms with Gasteiger partial charge in [0.25, 0.3) is 0 Å². The van der Waals surface area contributed by atoms with Crippen molar-refractivity contribution < 1.29 is 19.5 Å². The molecule has 0 aromatic carbocycles. The second kappa shape index (κ2) is 5.91. The van der Waals surface area contributed by atoms with Gasteiger partial charge in [0.2, 0.25) is 0 Å². The summed E-state index contributed by atoms with van der Waals surface area (Å²) in [5, 5.41) is 11.0. The number of urea groups is 1. The molecule has 122 valence electrons. The molecule has 0 spiro atoms. The zero-order chi connectivity index (χ0) is 15.9. The lowest BCUT2D eigenvalue weighted by Gasteiger charge is -2.26. The lowest BCUT2D eigenvalue weighted by molar-refractivity contribution is -0.143. The van der Waals surface area contributed by atoms with E-state index in [2.05, 4.69) is 13.5 Å². The third-order valence-electron chi connectivity index (χ3n) is 5.28. The van der Waals surface area contributed by atoms with Crippen LogP contribution in [-0.4, -0.2) is 52.3 Å². The Balaban J connectivity index is 1.75. The van der Waals surface area contributed by atoms with Crippen LogP contribution in [0.5, 0.6) is 0 Å². The van der Waals surface area contributed by atoms with Crippen molar-refractivity contribution in [2.45, 2.75) is 44.7 Å². The Morgan fingerprint density at radius 3 is 2.86 bits per heavy atom. The molecule has 0 aromatic heterocycles. The van der Waals surface area contributed by atoms with Crippen LogP contribution < -0.4 is 0 Å². The molecule has 6 nitrogen and oxygen atoms in total. The Bertz CT molecular complexity index is 481. The zero-order valence-electron chi connectivity index (χ0n) is 13.0. The summed E-state index contributed by atoms with van der Waals surface area (Å²) >= 11 is 0. The largest absolute Gasteiger partial charge is 0.480 e. The van der Waals surface area contributed by atoms with Gasteiger partial charge in [0, 0.05) is 6.54 Å². The molecule has 1 saturated carbocycles. The maximum absolute atomic E-state index is 12.4. The normalized spacial score (nSPS) is 35.5. The van der Waals surface area contributed by atoms with Crippen LogP contribution in [0.3, 0.4) is 0 Å². The molecule has 1 aliphatic carbocycles. The third kappa shape index (κ3) is 2.29. The SMILES string of the molecule is C=CCON1C(=O)N2C[C@H]1[C@H]1C(CCCCC)C1[C@H]2C(=O)O. The van der Waals surface area contributed by atoms with Gasteiger partial charge in [0.05, 0.1) is 12.6 Å². The van der Waals surface area contributed by atoms with Crippen molar-refractivity contribution in [3.63, 3.8) is 0 Å². The Labute approximate surface area is 130 Å². The molecule has 6 heteroatoms. The van der Waals surface area contributed by atoms with E-state index in [1.165, 1.54) is 16.4 Å². The molecular weight excluding hydrogens is 284 g/mol. The number of nitrogens with zero attached hydrogens (tertiary/aromatic N) is 2. The first-order chi connectivity index (χ1) is 10.6. The molecule has 1 N–H and O–H groups in total. The highest BCUT2D eigenvalue weighted by molar-refractivity contribution is 5.86. The minimum absolute atomic E-state index is 0.000300. The van der Waals surface area contributed by atoms with Crippen molar-refractivity contribution >= 4 is 12.0 Å². The van der Waals surface area contributed by atoms with E-state index in [-0.39, 0.29) is 30.5 Å². The molecule has 22 heavy (non-hydrogen) atoms. The molecule has 5 atom stereocenters. The minimum Gasteiger partial charge on any atom is -0.480 e. The van der Waals surface area contributed by atoms with Crippen molar-refractivity contribution in [2.75, 3.05) is 13.2 Å². The molecule has 0 aromatic rings. The number of unbranched alkanes of at least 4 members (excludes halogenated alkanes) is 2. The van der Waals surface area contributed by atoms with Crippen LogP contribution in [0.1, 0.15) is 32.6 Å². The second-order valence-electron chi connectivity index (χ2n) is 6.51. The number of carboxylic acids is 1. The summed E-state index contributed by atoms with van der Waals surface area (Å²) in [6.45, 7) is 6.50. The molecular formula is C16H24N2O4. The fourth-order valence-electron chi connectivity index (χ4n) is 4.35. The Kier molecular flexibility index (Phi) is 4.12. The van der Waals surface area contributed by atoms with E-state index in [0.717, 1.165) is 19.3 Å². The van der Waals surface area contributed by atoms with Gasteiger partial charge in [-0.3, -0.25) is 4.84 Å². The van der Waals surface area contributed by atoms with Gasteiger partial charge in [-0.2, -0.15) is 5.06 Å². The lowest BCUT2D eigenvalue weighted by Crippen LogP contribution is -2.47. The van der Waals surface area contributed by atoms with E-state index in [1.807, 2.05) is 0 Å². The van der Waals surface area contributed by atoms with Crippen molar-refractivity contribution in [3.8, 4) is 0 Å². The third-order valence-corrected chi connectivity index (χ3v) is 5.28. The highest BCUT2D eigenvalue weighted by atomic mass is 16.7. The number of carbonyl (C=O) groups excluding carboxylic acids is 1. The summed E-state index contributed by atoms with van der Waals surface area (Å²) < 4.78 is 0.